The molecule has 2 N–H and O–H groups in total. The van der Waals surface area contributed by atoms with Gasteiger partial charge in [0.15, 0.2) is 0 Å². The van der Waals surface area contributed by atoms with Gasteiger partial charge < -0.3 is 10.4 Å². The van der Waals surface area contributed by atoms with Gasteiger partial charge in [0, 0.05) is 6.54 Å². The van der Waals surface area contributed by atoms with Crippen LogP contribution in [-0.2, 0) is 11.3 Å². The fourth-order valence-corrected chi connectivity index (χ4v) is 1.30. The summed E-state index contributed by atoms with van der Waals surface area (Å²) in [6.45, 7) is 0.0911. The minimum absolute atomic E-state index is 0.0911. The van der Waals surface area contributed by atoms with E-state index in [1.807, 2.05) is 0 Å². The first-order valence-corrected chi connectivity index (χ1v) is 5.61. The van der Waals surface area contributed by atoms with Crippen molar-refractivity contribution in [3.63, 3.8) is 0 Å². The first kappa shape index (κ1) is 14.1. The highest BCUT2D eigenvalue weighted by Crippen LogP contribution is 2.25. The minimum Gasteiger partial charge on any atom is -0.478 e. The number of aromatic carboxylic acids is 1. The Balaban J connectivity index is 2.67. The minimum atomic E-state index is -2.02. The van der Waals surface area contributed by atoms with Crippen LogP contribution in [0.15, 0.2) is 24.3 Å². The van der Waals surface area contributed by atoms with Gasteiger partial charge in [-0.2, -0.15) is 0 Å². The molecule has 1 amide bonds. The Labute approximate surface area is 112 Å². The molecule has 1 aromatic carbocycles. The SMILES string of the molecule is O=C(O)c1cccc(CNC(=O)C(Cl)(Cl)Cl)c1. The Kier molecular flexibility index (Phi) is 4.62. The maximum absolute atomic E-state index is 11.2. The molecule has 0 bridgehead atoms. The van der Waals surface area contributed by atoms with Gasteiger partial charge in [0.05, 0.1) is 5.56 Å². The van der Waals surface area contributed by atoms with Crippen LogP contribution < -0.4 is 5.32 Å². The number of carbonyl (C=O) groups is 2. The van der Waals surface area contributed by atoms with Crippen molar-refractivity contribution in [2.24, 2.45) is 0 Å². The zero-order valence-corrected chi connectivity index (χ0v) is 10.7. The molecule has 0 aliphatic heterocycles. The summed E-state index contributed by atoms with van der Waals surface area (Å²) < 4.78 is -2.02. The van der Waals surface area contributed by atoms with Crippen molar-refractivity contribution in [1.82, 2.24) is 5.32 Å². The zero-order valence-electron chi connectivity index (χ0n) is 8.41. The van der Waals surface area contributed by atoms with Crippen LogP contribution in [0, 0.1) is 0 Å². The van der Waals surface area contributed by atoms with Crippen molar-refractivity contribution in [3.8, 4) is 0 Å². The number of rotatable bonds is 3. The lowest BCUT2D eigenvalue weighted by Gasteiger charge is -2.11. The van der Waals surface area contributed by atoms with Gasteiger partial charge in [0.2, 0.25) is 0 Å². The van der Waals surface area contributed by atoms with Gasteiger partial charge in [-0.15, -0.1) is 0 Å². The van der Waals surface area contributed by atoms with Crippen LogP contribution in [0.4, 0.5) is 0 Å². The summed E-state index contributed by atoms with van der Waals surface area (Å²) in [5.41, 5.74) is 0.734. The second kappa shape index (κ2) is 5.58. The number of carbonyl (C=O) groups excluding carboxylic acids is 1. The molecular formula is C10H8Cl3NO3. The van der Waals surface area contributed by atoms with Crippen LogP contribution in [0.3, 0.4) is 0 Å². The largest absolute Gasteiger partial charge is 0.478 e. The van der Waals surface area contributed by atoms with E-state index >= 15 is 0 Å². The third kappa shape index (κ3) is 4.42. The summed E-state index contributed by atoms with van der Waals surface area (Å²) in [5.74, 6) is -1.80. The second-order valence-corrected chi connectivity index (χ2v) is 5.47. The van der Waals surface area contributed by atoms with Gasteiger partial charge in [-0.25, -0.2) is 4.79 Å². The number of carboxylic acid groups (broad SMARTS) is 1. The van der Waals surface area contributed by atoms with Crippen LogP contribution in [0.1, 0.15) is 15.9 Å². The topological polar surface area (TPSA) is 66.4 Å². The molecule has 0 fully saturated rings. The van der Waals surface area contributed by atoms with Crippen LogP contribution in [-0.4, -0.2) is 20.8 Å². The van der Waals surface area contributed by atoms with Gasteiger partial charge in [-0.1, -0.05) is 46.9 Å². The maximum Gasteiger partial charge on any atom is 0.335 e. The van der Waals surface area contributed by atoms with E-state index in [2.05, 4.69) is 5.32 Å². The summed E-state index contributed by atoms with van der Waals surface area (Å²) in [6, 6.07) is 6.11. The van der Waals surface area contributed by atoms with Crippen molar-refractivity contribution in [3.05, 3.63) is 35.4 Å². The average Bonchev–Trinajstić information content (AvgIpc) is 2.25. The van der Waals surface area contributed by atoms with E-state index in [0.29, 0.717) is 5.56 Å². The van der Waals surface area contributed by atoms with Crippen LogP contribution in [0.2, 0.25) is 0 Å². The first-order chi connectivity index (χ1) is 7.80. The number of benzene rings is 1. The fraction of sp³-hybridized carbons (Fsp3) is 0.200. The van der Waals surface area contributed by atoms with Gasteiger partial charge in [-0.3, -0.25) is 4.79 Å². The normalized spacial score (nSPS) is 11.0. The smallest absolute Gasteiger partial charge is 0.335 e. The number of halogens is 3. The molecule has 92 valence electrons. The predicted molar refractivity (Wildman–Crippen MR) is 65.5 cm³/mol. The highest BCUT2D eigenvalue weighted by molar-refractivity contribution is 6.76. The van der Waals surface area contributed by atoms with Crippen molar-refractivity contribution < 1.29 is 14.7 Å². The summed E-state index contributed by atoms with van der Waals surface area (Å²) in [7, 11) is 0. The number of carboxylic acids is 1. The first-order valence-electron chi connectivity index (χ1n) is 4.48. The summed E-state index contributed by atoms with van der Waals surface area (Å²) in [6.07, 6.45) is 0. The Hall–Kier alpha value is -0.970. The molecule has 0 saturated heterocycles. The molecule has 7 heteroatoms. The average molecular weight is 297 g/mol. The number of alkyl halides is 3. The molecule has 1 rings (SSSR count). The van der Waals surface area contributed by atoms with Crippen molar-refractivity contribution >= 4 is 46.7 Å². The predicted octanol–water partition coefficient (Wildman–Crippen LogP) is 2.37. The molecular weight excluding hydrogens is 288 g/mol. The molecule has 0 saturated carbocycles. The van der Waals surface area contributed by atoms with Gasteiger partial charge >= 0.3 is 5.97 Å². The third-order valence-electron chi connectivity index (χ3n) is 1.88. The fourth-order valence-electron chi connectivity index (χ4n) is 1.10. The molecule has 17 heavy (non-hydrogen) atoms. The van der Waals surface area contributed by atoms with Crippen molar-refractivity contribution in [1.29, 1.82) is 0 Å². The quantitative estimate of drug-likeness (QED) is 0.842. The number of amides is 1. The molecule has 0 aromatic heterocycles. The van der Waals surface area contributed by atoms with E-state index < -0.39 is 15.7 Å². The van der Waals surface area contributed by atoms with E-state index in [4.69, 9.17) is 39.9 Å². The molecule has 0 spiro atoms. The zero-order chi connectivity index (χ0) is 13.1. The molecule has 0 aliphatic carbocycles. The molecule has 0 atom stereocenters. The summed E-state index contributed by atoms with van der Waals surface area (Å²) >= 11 is 16.1. The molecule has 4 nitrogen and oxygen atoms in total. The van der Waals surface area contributed by atoms with Gasteiger partial charge in [-0.05, 0) is 17.7 Å². The Morgan fingerprint density at radius 1 is 1.29 bits per heavy atom. The van der Waals surface area contributed by atoms with Crippen LogP contribution in [0.25, 0.3) is 0 Å². The number of nitrogens with one attached hydrogen (secondary N) is 1. The standard InChI is InChI=1S/C10H8Cl3NO3/c11-10(12,13)9(17)14-5-6-2-1-3-7(4-6)8(15)16/h1-4H,5H2,(H,14,17)(H,15,16). The van der Waals surface area contributed by atoms with Crippen LogP contribution >= 0.6 is 34.8 Å². The van der Waals surface area contributed by atoms with Crippen LogP contribution in [0.5, 0.6) is 0 Å². The Morgan fingerprint density at radius 2 is 1.94 bits per heavy atom. The van der Waals surface area contributed by atoms with Crippen molar-refractivity contribution in [2.45, 2.75) is 10.3 Å². The molecule has 0 radical (unpaired) electrons. The van der Waals surface area contributed by atoms with Gasteiger partial charge in [0.1, 0.15) is 0 Å². The van der Waals surface area contributed by atoms with Gasteiger partial charge in [0.25, 0.3) is 9.70 Å². The maximum atomic E-state index is 11.2. The van der Waals surface area contributed by atoms with E-state index in [-0.39, 0.29) is 12.1 Å². The summed E-state index contributed by atoms with van der Waals surface area (Å²) in [5, 5.41) is 11.1. The lowest BCUT2D eigenvalue weighted by atomic mass is 10.1. The molecule has 0 heterocycles. The lowest BCUT2D eigenvalue weighted by molar-refractivity contribution is -0.120. The number of hydrogen-bond acceptors (Lipinski definition) is 2. The van der Waals surface area contributed by atoms with E-state index in [9.17, 15) is 9.59 Å². The third-order valence-corrected chi connectivity index (χ3v) is 2.40. The monoisotopic (exact) mass is 295 g/mol. The molecule has 1 aromatic rings. The number of hydrogen-bond donors (Lipinski definition) is 2. The highest BCUT2D eigenvalue weighted by Gasteiger charge is 2.30. The Morgan fingerprint density at radius 3 is 2.47 bits per heavy atom. The Bertz CT molecular complexity index is 443. The van der Waals surface area contributed by atoms with E-state index in [1.165, 1.54) is 12.1 Å². The molecule has 0 unspecified atom stereocenters. The summed E-state index contributed by atoms with van der Waals surface area (Å²) in [4.78, 5) is 21.9. The van der Waals surface area contributed by atoms with E-state index in [0.717, 1.165) is 0 Å². The lowest BCUT2D eigenvalue weighted by Crippen LogP contribution is -2.34. The highest BCUT2D eigenvalue weighted by atomic mass is 35.6. The second-order valence-electron chi connectivity index (χ2n) is 3.19. The van der Waals surface area contributed by atoms with E-state index in [1.54, 1.807) is 12.1 Å². The molecule has 0 aliphatic rings. The van der Waals surface area contributed by atoms with Crippen molar-refractivity contribution in [2.75, 3.05) is 0 Å².